The Bertz CT molecular complexity index is 393. The van der Waals surface area contributed by atoms with Crippen molar-refractivity contribution in [1.82, 2.24) is 4.90 Å². The Hall–Kier alpha value is -1.35. The van der Waals surface area contributed by atoms with Gasteiger partial charge >= 0.3 is 0 Å². The number of piperidine rings is 1. The van der Waals surface area contributed by atoms with Crippen molar-refractivity contribution in [3.05, 3.63) is 29.8 Å². The smallest absolute Gasteiger partial charge is 0.135 e. The Morgan fingerprint density at radius 3 is 2.67 bits per heavy atom. The topological polar surface area (TPSA) is 29.5 Å². The fraction of sp³-hybridized carbons (Fsp3) is 0.533. The van der Waals surface area contributed by atoms with Crippen molar-refractivity contribution in [2.45, 2.75) is 26.2 Å². The zero-order valence-corrected chi connectivity index (χ0v) is 11.0. The SMILES string of the molecule is Cc1ccccc1OCCCN1CCC(=O)CC1. The highest BCUT2D eigenvalue weighted by Gasteiger charge is 2.15. The number of hydrogen-bond donors (Lipinski definition) is 0. The number of benzene rings is 1. The molecule has 1 aliphatic rings. The zero-order chi connectivity index (χ0) is 12.8. The highest BCUT2D eigenvalue weighted by Crippen LogP contribution is 2.16. The van der Waals surface area contributed by atoms with Crippen LogP contribution in [0.2, 0.25) is 0 Å². The maximum Gasteiger partial charge on any atom is 0.135 e. The van der Waals surface area contributed by atoms with Gasteiger partial charge in [-0.3, -0.25) is 4.79 Å². The molecular formula is C15H21NO2. The first kappa shape index (κ1) is 13.1. The quantitative estimate of drug-likeness (QED) is 0.748. The summed E-state index contributed by atoms with van der Waals surface area (Å²) >= 11 is 0. The van der Waals surface area contributed by atoms with Crippen molar-refractivity contribution >= 4 is 5.78 Å². The molecule has 1 fully saturated rings. The van der Waals surface area contributed by atoms with E-state index in [1.54, 1.807) is 0 Å². The second kappa shape index (κ2) is 6.55. The second-order valence-corrected chi connectivity index (χ2v) is 4.85. The Balaban J connectivity index is 1.64. The van der Waals surface area contributed by atoms with Crippen molar-refractivity contribution in [3.8, 4) is 5.75 Å². The Morgan fingerprint density at radius 1 is 1.22 bits per heavy atom. The fourth-order valence-electron chi connectivity index (χ4n) is 2.21. The molecule has 18 heavy (non-hydrogen) atoms. The molecular weight excluding hydrogens is 226 g/mol. The molecule has 0 atom stereocenters. The van der Waals surface area contributed by atoms with Gasteiger partial charge in [0.25, 0.3) is 0 Å². The predicted octanol–water partition coefficient (Wildman–Crippen LogP) is 2.43. The van der Waals surface area contributed by atoms with Crippen LogP contribution in [0.25, 0.3) is 0 Å². The van der Waals surface area contributed by atoms with Crippen LogP contribution in [0.3, 0.4) is 0 Å². The first-order valence-electron chi connectivity index (χ1n) is 6.68. The average Bonchev–Trinajstić information content (AvgIpc) is 2.39. The molecule has 3 nitrogen and oxygen atoms in total. The molecule has 0 aliphatic carbocycles. The normalized spacial score (nSPS) is 16.8. The maximum atomic E-state index is 11.1. The lowest BCUT2D eigenvalue weighted by Crippen LogP contribution is -2.35. The summed E-state index contributed by atoms with van der Waals surface area (Å²) in [6.07, 6.45) is 2.46. The number of hydrogen-bond acceptors (Lipinski definition) is 3. The predicted molar refractivity (Wildman–Crippen MR) is 72.0 cm³/mol. The third-order valence-electron chi connectivity index (χ3n) is 3.38. The van der Waals surface area contributed by atoms with E-state index in [1.807, 2.05) is 18.2 Å². The molecule has 0 aromatic heterocycles. The number of ketones is 1. The molecule has 0 radical (unpaired) electrons. The number of rotatable bonds is 5. The van der Waals surface area contributed by atoms with Crippen LogP contribution in [0.4, 0.5) is 0 Å². The molecule has 0 saturated carbocycles. The highest BCUT2D eigenvalue weighted by molar-refractivity contribution is 5.79. The van der Waals surface area contributed by atoms with Crippen LogP contribution in [0, 0.1) is 6.92 Å². The van der Waals surface area contributed by atoms with Crippen LogP contribution >= 0.6 is 0 Å². The zero-order valence-electron chi connectivity index (χ0n) is 11.0. The van der Waals surface area contributed by atoms with Gasteiger partial charge in [-0.1, -0.05) is 18.2 Å². The number of para-hydroxylation sites is 1. The molecule has 1 aromatic rings. The Kier molecular flexibility index (Phi) is 4.76. The van der Waals surface area contributed by atoms with E-state index in [9.17, 15) is 4.79 Å². The van der Waals surface area contributed by atoms with E-state index in [2.05, 4.69) is 17.9 Å². The van der Waals surface area contributed by atoms with E-state index in [-0.39, 0.29) is 0 Å². The first-order chi connectivity index (χ1) is 8.75. The van der Waals surface area contributed by atoms with E-state index in [4.69, 9.17) is 4.74 Å². The maximum absolute atomic E-state index is 11.1. The lowest BCUT2D eigenvalue weighted by Gasteiger charge is -2.25. The number of carbonyl (C=O) groups excluding carboxylic acids is 1. The van der Waals surface area contributed by atoms with Gasteiger partial charge in [0.15, 0.2) is 0 Å². The number of ether oxygens (including phenoxy) is 1. The molecule has 1 heterocycles. The van der Waals surface area contributed by atoms with Gasteiger partial charge in [0.1, 0.15) is 11.5 Å². The molecule has 0 amide bonds. The van der Waals surface area contributed by atoms with E-state index >= 15 is 0 Å². The summed E-state index contributed by atoms with van der Waals surface area (Å²) in [7, 11) is 0. The van der Waals surface area contributed by atoms with Crippen molar-refractivity contribution in [2.24, 2.45) is 0 Å². The van der Waals surface area contributed by atoms with Gasteiger partial charge in [0.2, 0.25) is 0 Å². The molecule has 0 N–H and O–H groups in total. The van der Waals surface area contributed by atoms with Crippen LogP contribution in [-0.4, -0.2) is 36.9 Å². The van der Waals surface area contributed by atoms with E-state index in [0.29, 0.717) is 5.78 Å². The molecule has 0 bridgehead atoms. The third kappa shape index (κ3) is 3.84. The number of likely N-dealkylation sites (tertiary alicyclic amines) is 1. The first-order valence-corrected chi connectivity index (χ1v) is 6.68. The van der Waals surface area contributed by atoms with Crippen molar-refractivity contribution < 1.29 is 9.53 Å². The van der Waals surface area contributed by atoms with Crippen LogP contribution in [0.1, 0.15) is 24.8 Å². The van der Waals surface area contributed by atoms with Gasteiger partial charge in [-0.2, -0.15) is 0 Å². The minimum atomic E-state index is 0.405. The number of nitrogens with zero attached hydrogens (tertiary/aromatic N) is 1. The summed E-state index contributed by atoms with van der Waals surface area (Å²) < 4.78 is 5.76. The Labute approximate surface area is 109 Å². The van der Waals surface area contributed by atoms with Crippen LogP contribution in [-0.2, 0) is 4.79 Å². The van der Waals surface area contributed by atoms with Gasteiger partial charge in [0.05, 0.1) is 6.61 Å². The number of aryl methyl sites for hydroxylation is 1. The van der Waals surface area contributed by atoms with E-state index in [0.717, 1.165) is 51.3 Å². The lowest BCUT2D eigenvalue weighted by molar-refractivity contribution is -0.121. The largest absolute Gasteiger partial charge is 0.493 e. The highest BCUT2D eigenvalue weighted by atomic mass is 16.5. The summed E-state index contributed by atoms with van der Waals surface area (Å²) in [4.78, 5) is 13.5. The van der Waals surface area contributed by atoms with Crippen LogP contribution < -0.4 is 4.74 Å². The van der Waals surface area contributed by atoms with Gasteiger partial charge in [-0.15, -0.1) is 0 Å². The summed E-state index contributed by atoms with van der Waals surface area (Å²) in [5.41, 5.74) is 1.18. The monoisotopic (exact) mass is 247 g/mol. The Morgan fingerprint density at radius 2 is 1.94 bits per heavy atom. The molecule has 1 saturated heterocycles. The van der Waals surface area contributed by atoms with Crippen LogP contribution in [0.15, 0.2) is 24.3 Å². The molecule has 1 aliphatic heterocycles. The van der Waals surface area contributed by atoms with Gasteiger partial charge in [-0.25, -0.2) is 0 Å². The summed E-state index contributed by atoms with van der Waals surface area (Å²) in [5, 5.41) is 0. The van der Waals surface area contributed by atoms with E-state index < -0.39 is 0 Å². The molecule has 1 aromatic carbocycles. The van der Waals surface area contributed by atoms with Crippen molar-refractivity contribution in [1.29, 1.82) is 0 Å². The summed E-state index contributed by atoms with van der Waals surface area (Å²) in [6.45, 7) is 5.67. The minimum Gasteiger partial charge on any atom is -0.493 e. The molecule has 0 spiro atoms. The third-order valence-corrected chi connectivity index (χ3v) is 3.38. The average molecular weight is 247 g/mol. The fourth-order valence-corrected chi connectivity index (χ4v) is 2.21. The second-order valence-electron chi connectivity index (χ2n) is 4.85. The molecule has 3 heteroatoms. The van der Waals surface area contributed by atoms with E-state index in [1.165, 1.54) is 5.56 Å². The standard InChI is InChI=1S/C15H21NO2/c1-13-5-2-3-6-15(13)18-12-4-9-16-10-7-14(17)8-11-16/h2-3,5-6H,4,7-12H2,1H3. The van der Waals surface area contributed by atoms with Crippen molar-refractivity contribution in [2.75, 3.05) is 26.2 Å². The number of carbonyl (C=O) groups is 1. The van der Waals surface area contributed by atoms with Crippen molar-refractivity contribution in [3.63, 3.8) is 0 Å². The van der Waals surface area contributed by atoms with Gasteiger partial charge < -0.3 is 9.64 Å². The molecule has 2 rings (SSSR count). The van der Waals surface area contributed by atoms with Gasteiger partial charge in [-0.05, 0) is 25.0 Å². The van der Waals surface area contributed by atoms with Gasteiger partial charge in [0, 0.05) is 32.5 Å². The molecule has 0 unspecified atom stereocenters. The molecule has 98 valence electrons. The summed E-state index contributed by atoms with van der Waals surface area (Å²) in [6, 6.07) is 8.09. The minimum absolute atomic E-state index is 0.405. The summed E-state index contributed by atoms with van der Waals surface area (Å²) in [5.74, 6) is 1.38. The number of Topliss-reactive ketones (excluding diaryl/α,β-unsaturated/α-hetero) is 1. The lowest BCUT2D eigenvalue weighted by atomic mass is 10.1. The van der Waals surface area contributed by atoms with Crippen LogP contribution in [0.5, 0.6) is 5.75 Å².